The number of nitrogens with zero attached hydrogens (tertiary/aromatic N) is 5. The molecule has 1 saturated heterocycles. The van der Waals surface area contributed by atoms with E-state index in [1.165, 1.54) is 0 Å². The number of hydrogen-bond donors (Lipinski definition) is 1. The molecule has 33 heavy (non-hydrogen) atoms. The van der Waals surface area contributed by atoms with E-state index in [0.717, 1.165) is 61.2 Å². The molecule has 1 N–H and O–H groups in total. The number of morpholine rings is 1. The molecule has 0 radical (unpaired) electrons. The van der Waals surface area contributed by atoms with E-state index < -0.39 is 0 Å². The second-order valence-corrected chi connectivity index (χ2v) is 8.37. The first-order chi connectivity index (χ1) is 16.3. The maximum absolute atomic E-state index is 6.47. The molecular formula is C24H30N6O3. The fraction of sp³-hybridized carbons (Fsp3) is 0.500. The van der Waals surface area contributed by atoms with E-state index in [1.807, 2.05) is 37.4 Å². The zero-order valence-electron chi connectivity index (χ0n) is 18.9. The number of anilines is 2. The molecule has 5 rings (SSSR count). The first kappa shape index (κ1) is 21.6. The van der Waals surface area contributed by atoms with Gasteiger partial charge >= 0.3 is 0 Å². The standard InChI is InChI=1S/C24H30N6O3/c1-2-32-21-9-11-26-29-23(21)27-17-5-7-18(8-6-17)33-24-19-4-3-10-25-20(19)16-22(28-24)30-12-14-31-15-13-30/h3-4,9-11,16-18H,2,5-8,12-15H2,1H3,(H,27,29). The van der Waals surface area contributed by atoms with Crippen molar-refractivity contribution < 1.29 is 14.2 Å². The van der Waals surface area contributed by atoms with Crippen molar-refractivity contribution in [2.75, 3.05) is 43.1 Å². The normalized spacial score (nSPS) is 21.1. The average molecular weight is 451 g/mol. The van der Waals surface area contributed by atoms with Crippen LogP contribution in [0.3, 0.4) is 0 Å². The number of hydrogen-bond acceptors (Lipinski definition) is 9. The summed E-state index contributed by atoms with van der Waals surface area (Å²) in [6, 6.07) is 8.17. The van der Waals surface area contributed by atoms with Gasteiger partial charge in [0.05, 0.1) is 36.9 Å². The minimum atomic E-state index is 0.118. The van der Waals surface area contributed by atoms with Crippen molar-refractivity contribution in [3.63, 3.8) is 0 Å². The van der Waals surface area contributed by atoms with Crippen molar-refractivity contribution in [2.45, 2.75) is 44.8 Å². The van der Waals surface area contributed by atoms with Gasteiger partial charge in [-0.05, 0) is 44.7 Å². The van der Waals surface area contributed by atoms with Crippen LogP contribution in [-0.2, 0) is 4.74 Å². The Hall–Kier alpha value is -3.20. The van der Waals surface area contributed by atoms with Crippen LogP contribution in [0.15, 0.2) is 36.7 Å². The van der Waals surface area contributed by atoms with Crippen molar-refractivity contribution in [1.82, 2.24) is 20.2 Å². The van der Waals surface area contributed by atoms with E-state index in [-0.39, 0.29) is 6.10 Å². The zero-order valence-corrected chi connectivity index (χ0v) is 18.9. The maximum Gasteiger partial charge on any atom is 0.225 e. The Bertz CT molecular complexity index is 1070. The third kappa shape index (κ3) is 5.08. The fourth-order valence-electron chi connectivity index (χ4n) is 4.45. The van der Waals surface area contributed by atoms with Crippen LogP contribution in [0.4, 0.5) is 11.6 Å². The molecule has 9 nitrogen and oxygen atoms in total. The molecule has 2 fully saturated rings. The molecule has 2 aliphatic rings. The molecule has 3 aromatic heterocycles. The summed E-state index contributed by atoms with van der Waals surface area (Å²) < 4.78 is 17.6. The van der Waals surface area contributed by atoms with Gasteiger partial charge in [0.1, 0.15) is 11.9 Å². The van der Waals surface area contributed by atoms with Crippen LogP contribution in [-0.4, -0.2) is 65.2 Å². The number of rotatable bonds is 7. The molecule has 4 heterocycles. The van der Waals surface area contributed by atoms with Crippen LogP contribution in [0.5, 0.6) is 11.6 Å². The van der Waals surface area contributed by atoms with Gasteiger partial charge in [-0.3, -0.25) is 4.98 Å². The first-order valence-electron chi connectivity index (χ1n) is 11.8. The average Bonchev–Trinajstić information content (AvgIpc) is 2.87. The summed E-state index contributed by atoms with van der Waals surface area (Å²) in [6.45, 7) is 5.65. The van der Waals surface area contributed by atoms with Crippen molar-refractivity contribution in [3.05, 3.63) is 36.7 Å². The summed E-state index contributed by atoms with van der Waals surface area (Å²) in [5, 5.41) is 12.7. The van der Waals surface area contributed by atoms with E-state index in [1.54, 1.807) is 6.20 Å². The number of aromatic nitrogens is 4. The Kier molecular flexibility index (Phi) is 6.66. The fourth-order valence-corrected chi connectivity index (χ4v) is 4.45. The summed E-state index contributed by atoms with van der Waals surface area (Å²) in [5.74, 6) is 3.03. The zero-order chi connectivity index (χ0) is 22.5. The van der Waals surface area contributed by atoms with Crippen LogP contribution in [0.1, 0.15) is 32.6 Å². The van der Waals surface area contributed by atoms with Gasteiger partial charge in [0.25, 0.3) is 0 Å². The van der Waals surface area contributed by atoms with Gasteiger partial charge in [0, 0.05) is 37.5 Å². The smallest absolute Gasteiger partial charge is 0.225 e. The second kappa shape index (κ2) is 10.2. The number of fused-ring (bicyclic) bond motifs is 1. The number of nitrogens with one attached hydrogen (secondary N) is 1. The Morgan fingerprint density at radius 3 is 2.79 bits per heavy atom. The molecule has 174 valence electrons. The van der Waals surface area contributed by atoms with E-state index >= 15 is 0 Å². The molecule has 9 heteroatoms. The van der Waals surface area contributed by atoms with Crippen LogP contribution in [0, 0.1) is 0 Å². The van der Waals surface area contributed by atoms with Crippen LogP contribution in [0.2, 0.25) is 0 Å². The Morgan fingerprint density at radius 1 is 1.12 bits per heavy atom. The number of ether oxygens (including phenoxy) is 3. The monoisotopic (exact) mass is 450 g/mol. The van der Waals surface area contributed by atoms with Gasteiger partial charge in [0.15, 0.2) is 11.6 Å². The lowest BCUT2D eigenvalue weighted by Gasteiger charge is -2.31. The van der Waals surface area contributed by atoms with E-state index in [4.69, 9.17) is 19.2 Å². The summed E-state index contributed by atoms with van der Waals surface area (Å²) in [7, 11) is 0. The van der Waals surface area contributed by atoms with Crippen molar-refractivity contribution in [2.24, 2.45) is 0 Å². The summed E-state index contributed by atoms with van der Waals surface area (Å²) in [5.41, 5.74) is 0.908. The largest absolute Gasteiger partial charge is 0.490 e. The molecule has 0 atom stereocenters. The van der Waals surface area contributed by atoms with Crippen molar-refractivity contribution >= 4 is 22.5 Å². The summed E-state index contributed by atoms with van der Waals surface area (Å²) in [4.78, 5) is 11.7. The molecule has 3 aromatic rings. The second-order valence-electron chi connectivity index (χ2n) is 8.37. The van der Waals surface area contributed by atoms with Crippen LogP contribution < -0.4 is 19.7 Å². The first-order valence-corrected chi connectivity index (χ1v) is 11.8. The molecule has 1 aliphatic heterocycles. The molecule has 0 spiro atoms. The lowest BCUT2D eigenvalue weighted by Crippen LogP contribution is -2.37. The third-order valence-corrected chi connectivity index (χ3v) is 6.16. The lowest BCUT2D eigenvalue weighted by molar-refractivity contribution is 0.122. The van der Waals surface area contributed by atoms with Crippen LogP contribution >= 0.6 is 0 Å². The van der Waals surface area contributed by atoms with Crippen molar-refractivity contribution in [3.8, 4) is 11.6 Å². The summed E-state index contributed by atoms with van der Waals surface area (Å²) in [6.07, 6.45) is 7.42. The minimum absolute atomic E-state index is 0.118. The van der Waals surface area contributed by atoms with Gasteiger partial charge in [-0.1, -0.05) is 0 Å². The minimum Gasteiger partial charge on any atom is -0.490 e. The molecule has 0 amide bonds. The van der Waals surface area contributed by atoms with E-state index in [9.17, 15) is 0 Å². The van der Waals surface area contributed by atoms with E-state index in [0.29, 0.717) is 37.6 Å². The molecule has 0 bridgehead atoms. The highest BCUT2D eigenvalue weighted by Crippen LogP contribution is 2.32. The van der Waals surface area contributed by atoms with Gasteiger partial charge in [-0.2, -0.15) is 10.1 Å². The maximum atomic E-state index is 6.47. The van der Waals surface area contributed by atoms with Gasteiger partial charge in [-0.15, -0.1) is 5.10 Å². The highest BCUT2D eigenvalue weighted by atomic mass is 16.5. The topological polar surface area (TPSA) is 94.5 Å². The molecule has 1 saturated carbocycles. The highest BCUT2D eigenvalue weighted by Gasteiger charge is 2.25. The van der Waals surface area contributed by atoms with Gasteiger partial charge in [0.2, 0.25) is 5.88 Å². The third-order valence-electron chi connectivity index (χ3n) is 6.16. The summed E-state index contributed by atoms with van der Waals surface area (Å²) >= 11 is 0. The number of pyridine rings is 2. The van der Waals surface area contributed by atoms with Gasteiger partial charge < -0.3 is 24.4 Å². The van der Waals surface area contributed by atoms with Gasteiger partial charge in [-0.25, -0.2) is 0 Å². The SMILES string of the molecule is CCOc1ccnnc1NC1CCC(Oc2nc(N3CCOCC3)cc3ncccc23)CC1. The van der Waals surface area contributed by atoms with Crippen molar-refractivity contribution in [1.29, 1.82) is 0 Å². The highest BCUT2D eigenvalue weighted by molar-refractivity contribution is 5.85. The lowest BCUT2D eigenvalue weighted by atomic mass is 9.93. The molecular weight excluding hydrogens is 420 g/mol. The Morgan fingerprint density at radius 2 is 1.97 bits per heavy atom. The predicted octanol–water partition coefficient (Wildman–Crippen LogP) is 3.46. The predicted molar refractivity (Wildman–Crippen MR) is 126 cm³/mol. The van der Waals surface area contributed by atoms with E-state index in [2.05, 4.69) is 25.4 Å². The van der Waals surface area contributed by atoms with Crippen LogP contribution in [0.25, 0.3) is 10.9 Å². The quantitative estimate of drug-likeness (QED) is 0.581. The molecule has 0 unspecified atom stereocenters. The Balaban J connectivity index is 1.26. The molecule has 1 aliphatic carbocycles. The molecule has 0 aromatic carbocycles. The Labute approximate surface area is 193 Å².